The number of Topliss-reactive ketones (excluding diaryl/α,β-unsaturated/α-hetero) is 1. The van der Waals surface area contributed by atoms with Crippen LogP contribution in [-0.2, 0) is 28.6 Å². The molecule has 0 saturated heterocycles. The van der Waals surface area contributed by atoms with Crippen molar-refractivity contribution in [3.8, 4) is 0 Å². The summed E-state index contributed by atoms with van der Waals surface area (Å²) in [5.74, 6) is 0.0147. The van der Waals surface area contributed by atoms with Crippen molar-refractivity contribution in [3.05, 3.63) is 0 Å². The van der Waals surface area contributed by atoms with Crippen molar-refractivity contribution in [1.29, 1.82) is 0 Å². The lowest BCUT2D eigenvalue weighted by Crippen LogP contribution is -2.30. The summed E-state index contributed by atoms with van der Waals surface area (Å²) in [6.07, 6.45) is 0.996. The molecule has 0 aromatic heterocycles. The van der Waals surface area contributed by atoms with Crippen LogP contribution in [0.1, 0.15) is 56.7 Å². The Labute approximate surface area is 173 Å². The van der Waals surface area contributed by atoms with E-state index in [0.29, 0.717) is 65.6 Å². The number of nitrogens with one attached hydrogen (secondary N) is 2. The molecule has 0 aliphatic carbocycles. The summed E-state index contributed by atoms with van der Waals surface area (Å²) in [4.78, 5) is 34.3. The van der Waals surface area contributed by atoms with Gasteiger partial charge in [-0.15, -0.1) is 0 Å². The molecule has 170 valence electrons. The number of carbonyl (C=O) groups is 3. The Morgan fingerprint density at radius 3 is 1.61 bits per heavy atom. The van der Waals surface area contributed by atoms with Gasteiger partial charge in [0, 0.05) is 47.7 Å². The minimum atomic E-state index is -0.118. The molecule has 28 heavy (non-hydrogen) atoms. The summed E-state index contributed by atoms with van der Waals surface area (Å²) >= 11 is 0. The lowest BCUT2D eigenvalue weighted by atomic mass is 10.1. The molecule has 0 spiro atoms. The van der Waals surface area contributed by atoms with Crippen LogP contribution >= 0.6 is 0 Å². The van der Waals surface area contributed by atoms with Gasteiger partial charge in [-0.25, -0.2) is 0 Å². The number of carbonyl (C=O) groups excluding carboxylic acids is 3. The van der Waals surface area contributed by atoms with Crippen LogP contribution in [-0.4, -0.2) is 70.3 Å². The largest absolute Gasteiger partial charge is 0.381 e. The van der Waals surface area contributed by atoms with E-state index in [2.05, 4.69) is 10.6 Å². The van der Waals surface area contributed by atoms with Crippen LogP contribution in [0.25, 0.3) is 0 Å². The van der Waals surface area contributed by atoms with Crippen LogP contribution in [0.3, 0.4) is 0 Å². The van der Waals surface area contributed by atoms with E-state index in [-0.39, 0.29) is 32.8 Å². The molecule has 0 heterocycles. The Kier molecular flexibility index (Phi) is 22.3. The van der Waals surface area contributed by atoms with Crippen molar-refractivity contribution >= 4 is 17.6 Å². The van der Waals surface area contributed by atoms with E-state index >= 15 is 0 Å². The molecule has 0 aromatic rings. The monoisotopic (exact) mass is 408 g/mol. The number of rotatable bonds is 17. The molecule has 0 saturated carbocycles. The predicted octanol–water partition coefficient (Wildman–Crippen LogP) is 2.20. The standard InChI is InChI=1S/C18H34N2O6.C2H6.2H2/c1-4-24-11-6-17(22)19-9-14-26-12-7-18(23)20-8-13-25-10-5-16(21)15(2)3;1-2;;/h15H,4-14H2,1-3H3,(H,19,22)(H,20,23);1-2H3;2*1H. The van der Waals surface area contributed by atoms with Crippen LogP contribution in [0.5, 0.6) is 0 Å². The van der Waals surface area contributed by atoms with Gasteiger partial charge in [0.15, 0.2) is 0 Å². The van der Waals surface area contributed by atoms with E-state index in [4.69, 9.17) is 14.2 Å². The molecule has 0 unspecified atom stereocenters. The van der Waals surface area contributed by atoms with Crippen LogP contribution in [0, 0.1) is 5.92 Å². The van der Waals surface area contributed by atoms with Crippen molar-refractivity contribution in [2.24, 2.45) is 5.92 Å². The van der Waals surface area contributed by atoms with E-state index < -0.39 is 0 Å². The van der Waals surface area contributed by atoms with Gasteiger partial charge in [-0.05, 0) is 6.92 Å². The first-order chi connectivity index (χ1) is 13.5. The molecule has 0 rings (SSSR count). The fourth-order valence-corrected chi connectivity index (χ4v) is 1.84. The molecule has 0 aliphatic rings. The summed E-state index contributed by atoms with van der Waals surface area (Å²) < 4.78 is 15.7. The Morgan fingerprint density at radius 1 is 0.750 bits per heavy atom. The lowest BCUT2D eigenvalue weighted by molar-refractivity contribution is -0.124. The summed E-state index contributed by atoms with van der Waals surface area (Å²) in [7, 11) is 0. The van der Waals surface area contributed by atoms with Gasteiger partial charge in [0.2, 0.25) is 11.8 Å². The highest BCUT2D eigenvalue weighted by Crippen LogP contribution is 1.98. The normalized spacial score (nSPS) is 10.2. The fourth-order valence-electron chi connectivity index (χ4n) is 1.84. The molecule has 8 nitrogen and oxygen atoms in total. The quantitative estimate of drug-likeness (QED) is 0.358. The molecule has 2 N–H and O–H groups in total. The Morgan fingerprint density at radius 2 is 1.18 bits per heavy atom. The van der Waals surface area contributed by atoms with Gasteiger partial charge in [0.1, 0.15) is 5.78 Å². The van der Waals surface area contributed by atoms with Gasteiger partial charge in [0.05, 0.1) is 33.0 Å². The minimum Gasteiger partial charge on any atom is -0.381 e. The molecule has 0 radical (unpaired) electrons. The smallest absolute Gasteiger partial charge is 0.222 e. The first-order valence-corrected chi connectivity index (χ1v) is 10.3. The minimum absolute atomic E-state index is 0. The summed E-state index contributed by atoms with van der Waals surface area (Å²) in [6, 6.07) is 0. The van der Waals surface area contributed by atoms with Crippen molar-refractivity contribution < 1.29 is 31.4 Å². The SMILES string of the molecule is CC.CCOCCC(=O)NCCOCCC(=O)NCCOCCC(=O)C(C)C.[HH].[HH]. The Balaban J connectivity index is -0.000000817. The number of ketones is 1. The second-order valence-corrected chi connectivity index (χ2v) is 5.99. The van der Waals surface area contributed by atoms with Crippen molar-refractivity contribution in [1.82, 2.24) is 10.6 Å². The van der Waals surface area contributed by atoms with Crippen LogP contribution in [0.2, 0.25) is 0 Å². The van der Waals surface area contributed by atoms with Crippen LogP contribution in [0.4, 0.5) is 0 Å². The number of amides is 2. The highest BCUT2D eigenvalue weighted by Gasteiger charge is 2.06. The number of hydrogen-bond donors (Lipinski definition) is 2. The van der Waals surface area contributed by atoms with Gasteiger partial charge in [-0.1, -0.05) is 27.7 Å². The van der Waals surface area contributed by atoms with Gasteiger partial charge in [-0.2, -0.15) is 0 Å². The molecule has 0 bridgehead atoms. The van der Waals surface area contributed by atoms with Crippen molar-refractivity contribution in [2.45, 2.75) is 53.9 Å². The zero-order chi connectivity index (χ0) is 21.6. The van der Waals surface area contributed by atoms with Crippen LogP contribution < -0.4 is 10.6 Å². The molecular weight excluding hydrogens is 364 g/mol. The predicted molar refractivity (Wildman–Crippen MR) is 113 cm³/mol. The molecule has 0 fully saturated rings. The maximum absolute atomic E-state index is 11.6. The fraction of sp³-hybridized carbons (Fsp3) is 0.850. The average Bonchev–Trinajstić information content (AvgIpc) is 2.68. The highest BCUT2D eigenvalue weighted by molar-refractivity contribution is 5.80. The van der Waals surface area contributed by atoms with Gasteiger partial charge < -0.3 is 24.8 Å². The molecule has 0 aliphatic heterocycles. The maximum atomic E-state index is 11.6. The average molecular weight is 409 g/mol. The molecular formula is C20H44N2O6. The van der Waals surface area contributed by atoms with Gasteiger partial charge in [0.25, 0.3) is 0 Å². The van der Waals surface area contributed by atoms with Gasteiger partial charge >= 0.3 is 0 Å². The topological polar surface area (TPSA) is 103 Å². The first kappa shape index (κ1) is 28.7. The van der Waals surface area contributed by atoms with E-state index in [1.165, 1.54) is 0 Å². The van der Waals surface area contributed by atoms with E-state index in [1.54, 1.807) is 0 Å². The third-order valence-corrected chi connectivity index (χ3v) is 3.42. The second kappa shape index (κ2) is 21.8. The third kappa shape index (κ3) is 20.8. The maximum Gasteiger partial charge on any atom is 0.222 e. The third-order valence-electron chi connectivity index (χ3n) is 3.42. The molecule has 0 aromatic carbocycles. The Bertz CT molecular complexity index is 413. The number of ether oxygens (including phenoxy) is 3. The van der Waals surface area contributed by atoms with E-state index in [9.17, 15) is 14.4 Å². The zero-order valence-electron chi connectivity index (χ0n) is 18.3. The highest BCUT2D eigenvalue weighted by atomic mass is 16.5. The summed E-state index contributed by atoms with van der Waals surface area (Å²) in [6.45, 7) is 12.9. The first-order valence-electron chi connectivity index (χ1n) is 10.3. The molecule has 0 atom stereocenters. The number of hydrogen-bond acceptors (Lipinski definition) is 6. The Hall–Kier alpha value is -1.51. The van der Waals surface area contributed by atoms with Crippen molar-refractivity contribution in [3.63, 3.8) is 0 Å². The summed E-state index contributed by atoms with van der Waals surface area (Å²) in [5, 5.41) is 5.43. The van der Waals surface area contributed by atoms with E-state index in [0.717, 1.165) is 0 Å². The molecule has 2 amide bonds. The van der Waals surface area contributed by atoms with E-state index in [1.807, 2.05) is 34.6 Å². The summed E-state index contributed by atoms with van der Waals surface area (Å²) in [5.41, 5.74) is 0. The lowest BCUT2D eigenvalue weighted by Gasteiger charge is -2.08. The second-order valence-electron chi connectivity index (χ2n) is 5.99. The molecule has 8 heteroatoms. The zero-order valence-corrected chi connectivity index (χ0v) is 18.3. The van der Waals surface area contributed by atoms with Crippen LogP contribution in [0.15, 0.2) is 0 Å². The van der Waals surface area contributed by atoms with Crippen molar-refractivity contribution in [2.75, 3.05) is 52.7 Å². The van der Waals surface area contributed by atoms with Gasteiger partial charge in [-0.3, -0.25) is 14.4 Å².